The van der Waals surface area contributed by atoms with E-state index in [0.29, 0.717) is 12.5 Å². The van der Waals surface area contributed by atoms with Crippen molar-refractivity contribution in [2.24, 2.45) is 17.0 Å². The van der Waals surface area contributed by atoms with Crippen LogP contribution in [0.3, 0.4) is 0 Å². The van der Waals surface area contributed by atoms with Crippen molar-refractivity contribution < 1.29 is 10.0 Å². The Morgan fingerprint density at radius 1 is 1.16 bits per heavy atom. The molecule has 2 atom stereocenters. The number of halogens is 3. The molecule has 0 spiro atoms. The van der Waals surface area contributed by atoms with Crippen molar-refractivity contribution in [2.45, 2.75) is 71.6 Å². The maximum atomic E-state index is 13.1. The second-order valence-corrected chi connectivity index (χ2v) is 12.5. The van der Waals surface area contributed by atoms with E-state index in [9.17, 15) is 4.79 Å². The Morgan fingerprint density at radius 2 is 1.84 bits per heavy atom. The summed E-state index contributed by atoms with van der Waals surface area (Å²) >= 11 is 14.0. The summed E-state index contributed by atoms with van der Waals surface area (Å²) in [5, 5.41) is 13.1. The van der Waals surface area contributed by atoms with Crippen molar-refractivity contribution in [3.63, 3.8) is 0 Å². The Kier molecular flexibility index (Phi) is 12.8. The van der Waals surface area contributed by atoms with Gasteiger partial charge in [-0.2, -0.15) is 0 Å². The molecule has 1 unspecified atom stereocenters. The fourth-order valence-electron chi connectivity index (χ4n) is 5.76. The molecule has 2 saturated heterocycles. The van der Waals surface area contributed by atoms with Gasteiger partial charge in [0.1, 0.15) is 0 Å². The van der Waals surface area contributed by atoms with E-state index in [1.54, 1.807) is 0 Å². The monoisotopic (exact) mass is 670 g/mol. The molecule has 0 bridgehead atoms. The summed E-state index contributed by atoms with van der Waals surface area (Å²) < 4.78 is 2.11. The number of amides is 1. The summed E-state index contributed by atoms with van der Waals surface area (Å²) in [4.78, 5) is 22.2. The molecule has 1 N–H and O–H groups in total. The summed E-state index contributed by atoms with van der Waals surface area (Å²) in [6.45, 7) is 9.81. The number of rotatable bonds is 3. The van der Waals surface area contributed by atoms with Gasteiger partial charge in [0.2, 0.25) is 5.91 Å². The maximum Gasteiger partial charge on any atom is 0.236 e. The minimum absolute atomic E-state index is 0.203. The standard InChI is InChI=1S/C27H35Br2ClN4O2.C2H6/c1-18-24(29)15-22(30)5-3-2-4-20-14-21(28)16-31-27(20)26(18)19-6-12-34(13-7-19)25(35)17-33-10-8-23(32-36)9-11-33;1-2/h5,14-16,18-19,26,36H,2-4,6-13,17H2,1H3;1-2H3/b22-5+,24-15+;/t18?,26-;/m0./s1. The molecule has 1 aromatic rings. The number of carbonyl (C=O) groups excluding carboxylic acids is 1. The summed E-state index contributed by atoms with van der Waals surface area (Å²) in [6, 6.07) is 2.23. The lowest BCUT2D eigenvalue weighted by atomic mass is 9.73. The Bertz CT molecular complexity index is 1030. The van der Waals surface area contributed by atoms with Crippen LogP contribution in [0.25, 0.3) is 0 Å². The second kappa shape index (κ2) is 15.5. The van der Waals surface area contributed by atoms with Crippen LogP contribution >= 0.6 is 43.5 Å². The van der Waals surface area contributed by atoms with Crippen LogP contribution in [0.2, 0.25) is 0 Å². The van der Waals surface area contributed by atoms with E-state index in [-0.39, 0.29) is 17.7 Å². The Balaban J connectivity index is 0.00000195. The summed E-state index contributed by atoms with van der Waals surface area (Å²) in [5.74, 6) is 1.10. The predicted molar refractivity (Wildman–Crippen MR) is 163 cm³/mol. The number of hydrogen-bond donors (Lipinski definition) is 1. The molecule has 0 saturated carbocycles. The third-order valence-corrected chi connectivity index (χ3v) is 9.50. The Morgan fingerprint density at radius 3 is 2.50 bits per heavy atom. The van der Waals surface area contributed by atoms with Gasteiger partial charge < -0.3 is 10.1 Å². The van der Waals surface area contributed by atoms with Gasteiger partial charge in [-0.1, -0.05) is 59.5 Å². The number of likely N-dealkylation sites (tertiary alicyclic amines) is 2. The van der Waals surface area contributed by atoms with Crippen LogP contribution in [-0.2, 0) is 11.2 Å². The number of allylic oxidation sites excluding steroid dienone is 4. The molecule has 210 valence electrons. The van der Waals surface area contributed by atoms with Crippen molar-refractivity contribution >= 4 is 55.1 Å². The summed E-state index contributed by atoms with van der Waals surface area (Å²) in [7, 11) is 0. The smallest absolute Gasteiger partial charge is 0.236 e. The SMILES string of the molecule is CC.CC1/C(Br)=C\C(Cl)=C/CCCc2cc(Br)cnc2[C@@H]1C1CCN(C(=O)CN2CCC(=NO)CC2)CC1. The van der Waals surface area contributed by atoms with Crippen LogP contribution in [0.15, 0.2) is 43.6 Å². The number of piperidine rings is 2. The zero-order chi connectivity index (χ0) is 27.7. The lowest BCUT2D eigenvalue weighted by Crippen LogP contribution is -2.47. The third kappa shape index (κ3) is 8.39. The molecule has 0 aromatic carbocycles. The first-order chi connectivity index (χ1) is 18.4. The Labute approximate surface area is 249 Å². The number of hydrogen-bond acceptors (Lipinski definition) is 5. The minimum atomic E-state index is 0.203. The van der Waals surface area contributed by atoms with Gasteiger partial charge in [0.25, 0.3) is 0 Å². The lowest BCUT2D eigenvalue weighted by molar-refractivity contribution is -0.134. The molecule has 4 rings (SSSR count). The normalized spacial score (nSPS) is 26.5. The van der Waals surface area contributed by atoms with Gasteiger partial charge >= 0.3 is 0 Å². The van der Waals surface area contributed by atoms with Gasteiger partial charge in [0, 0.05) is 70.8 Å². The average Bonchev–Trinajstić information content (AvgIpc) is 2.95. The van der Waals surface area contributed by atoms with Crippen molar-refractivity contribution in [3.05, 3.63) is 49.7 Å². The van der Waals surface area contributed by atoms with E-state index in [4.69, 9.17) is 21.8 Å². The molecule has 3 heterocycles. The van der Waals surface area contributed by atoms with E-state index in [1.807, 2.05) is 31.0 Å². The van der Waals surface area contributed by atoms with Gasteiger partial charge in [-0.05, 0) is 77.6 Å². The van der Waals surface area contributed by atoms with Crippen LogP contribution in [0.4, 0.5) is 0 Å². The van der Waals surface area contributed by atoms with Gasteiger partial charge in [-0.25, -0.2) is 0 Å². The van der Waals surface area contributed by atoms with Crippen molar-refractivity contribution in [2.75, 3.05) is 32.7 Å². The van der Waals surface area contributed by atoms with Gasteiger partial charge in [0.05, 0.1) is 12.3 Å². The summed E-state index contributed by atoms with van der Waals surface area (Å²) in [5.41, 5.74) is 3.32. The first-order valence-electron chi connectivity index (χ1n) is 13.9. The predicted octanol–water partition coefficient (Wildman–Crippen LogP) is 7.49. The lowest BCUT2D eigenvalue weighted by Gasteiger charge is -2.39. The van der Waals surface area contributed by atoms with E-state index in [0.717, 1.165) is 90.8 Å². The van der Waals surface area contributed by atoms with E-state index < -0.39 is 0 Å². The van der Waals surface area contributed by atoms with Gasteiger partial charge in [-0.3, -0.25) is 14.7 Å². The quantitative estimate of drug-likeness (QED) is 0.267. The highest BCUT2D eigenvalue weighted by Gasteiger charge is 2.36. The van der Waals surface area contributed by atoms with Crippen LogP contribution in [0.5, 0.6) is 0 Å². The van der Waals surface area contributed by atoms with Gasteiger partial charge in [0.15, 0.2) is 0 Å². The number of oxime groups is 1. The van der Waals surface area contributed by atoms with Crippen LogP contribution < -0.4 is 0 Å². The molecule has 6 nitrogen and oxygen atoms in total. The number of carbonyl (C=O) groups is 1. The average molecular weight is 673 g/mol. The maximum absolute atomic E-state index is 13.1. The third-order valence-electron chi connectivity index (χ3n) is 7.86. The van der Waals surface area contributed by atoms with Crippen molar-refractivity contribution in [1.82, 2.24) is 14.8 Å². The molecule has 0 radical (unpaired) electrons. The molecule has 9 heteroatoms. The molecule has 2 fully saturated rings. The molecule has 1 aliphatic carbocycles. The highest BCUT2D eigenvalue weighted by atomic mass is 79.9. The highest BCUT2D eigenvalue weighted by molar-refractivity contribution is 9.11. The number of pyridine rings is 1. The molecular weight excluding hydrogens is 632 g/mol. The van der Waals surface area contributed by atoms with E-state index in [2.05, 4.69) is 61.0 Å². The molecule has 38 heavy (non-hydrogen) atoms. The van der Waals surface area contributed by atoms with Crippen LogP contribution in [0.1, 0.15) is 76.5 Å². The van der Waals surface area contributed by atoms with Crippen LogP contribution in [0, 0.1) is 11.8 Å². The topological polar surface area (TPSA) is 69.0 Å². The largest absolute Gasteiger partial charge is 0.411 e. The van der Waals surface area contributed by atoms with E-state index >= 15 is 0 Å². The minimum Gasteiger partial charge on any atom is -0.411 e. The molecule has 2 aliphatic heterocycles. The number of nitrogens with zero attached hydrogens (tertiary/aromatic N) is 4. The Hall–Kier alpha value is -1.22. The van der Waals surface area contributed by atoms with Crippen LogP contribution in [-0.4, -0.2) is 64.3 Å². The highest BCUT2D eigenvalue weighted by Crippen LogP contribution is 2.44. The second-order valence-electron chi connectivity index (χ2n) is 10.2. The zero-order valence-corrected chi connectivity index (χ0v) is 26.7. The van der Waals surface area contributed by atoms with Crippen molar-refractivity contribution in [3.8, 4) is 0 Å². The summed E-state index contributed by atoms with van der Waals surface area (Å²) in [6.07, 6.45) is 12.4. The fraction of sp³-hybridized carbons (Fsp3) is 0.621. The first kappa shape index (κ1) is 31.3. The number of aryl methyl sites for hydroxylation is 1. The molecule has 1 amide bonds. The van der Waals surface area contributed by atoms with Gasteiger partial charge in [-0.15, -0.1) is 0 Å². The zero-order valence-electron chi connectivity index (χ0n) is 22.8. The van der Waals surface area contributed by atoms with Crippen molar-refractivity contribution in [1.29, 1.82) is 0 Å². The molecule has 3 aliphatic rings. The first-order valence-corrected chi connectivity index (χ1v) is 15.9. The number of fused-ring (bicyclic) bond motifs is 1. The van der Waals surface area contributed by atoms with E-state index in [1.165, 1.54) is 11.3 Å². The number of aromatic nitrogens is 1. The molecule has 1 aromatic heterocycles. The fourth-order valence-corrected chi connectivity index (χ4v) is 7.02. The molecular formula is C29H41Br2ClN4O2.